The van der Waals surface area contributed by atoms with Crippen LogP contribution in [0.5, 0.6) is 5.75 Å². The molecule has 0 amide bonds. The molecule has 3 aromatic rings. The molecule has 4 nitrogen and oxygen atoms in total. The van der Waals surface area contributed by atoms with Crippen molar-refractivity contribution in [3.05, 3.63) is 54.4 Å². The number of phenolic OH excluding ortho intramolecular Hbond substituents is 1. The molecule has 0 fully saturated rings. The van der Waals surface area contributed by atoms with Gasteiger partial charge in [-0.15, -0.1) is 0 Å². The number of fused-ring (bicyclic) bond motifs is 1. The van der Waals surface area contributed by atoms with Gasteiger partial charge in [-0.1, -0.05) is 24.3 Å². The fourth-order valence-corrected chi connectivity index (χ4v) is 2.51. The zero-order valence-corrected chi connectivity index (χ0v) is 12.2. The summed E-state index contributed by atoms with van der Waals surface area (Å²) in [6.07, 6.45) is 3.95. The first-order valence-electron chi connectivity index (χ1n) is 7.18. The van der Waals surface area contributed by atoms with E-state index < -0.39 is 0 Å². The SMILES string of the molecule is CCn1cc(C(C)Nc2cccc3c(O)cccc23)cn1. The van der Waals surface area contributed by atoms with Gasteiger partial charge < -0.3 is 10.4 Å². The van der Waals surface area contributed by atoms with Gasteiger partial charge in [-0.25, -0.2) is 0 Å². The van der Waals surface area contributed by atoms with E-state index in [1.54, 1.807) is 6.07 Å². The molecular formula is C17H19N3O. The van der Waals surface area contributed by atoms with Crippen LogP contribution >= 0.6 is 0 Å². The van der Waals surface area contributed by atoms with Crippen molar-refractivity contribution in [2.75, 3.05) is 5.32 Å². The van der Waals surface area contributed by atoms with Crippen LogP contribution in [0.25, 0.3) is 10.8 Å². The summed E-state index contributed by atoms with van der Waals surface area (Å²) in [5.74, 6) is 0.308. The molecule has 0 radical (unpaired) electrons. The fourth-order valence-electron chi connectivity index (χ4n) is 2.51. The van der Waals surface area contributed by atoms with Crippen molar-refractivity contribution in [1.82, 2.24) is 9.78 Å². The molecule has 108 valence electrons. The van der Waals surface area contributed by atoms with Gasteiger partial charge in [0.25, 0.3) is 0 Å². The Bertz CT molecular complexity index is 764. The molecule has 0 aliphatic carbocycles. The Balaban J connectivity index is 1.92. The Labute approximate surface area is 124 Å². The second kappa shape index (κ2) is 5.48. The van der Waals surface area contributed by atoms with Crippen LogP contribution in [0, 0.1) is 0 Å². The lowest BCUT2D eigenvalue weighted by atomic mass is 10.1. The minimum Gasteiger partial charge on any atom is -0.507 e. The molecule has 0 aliphatic rings. The molecule has 0 saturated carbocycles. The number of hydrogen-bond donors (Lipinski definition) is 2. The molecular weight excluding hydrogens is 262 g/mol. The molecule has 21 heavy (non-hydrogen) atoms. The summed E-state index contributed by atoms with van der Waals surface area (Å²) in [5.41, 5.74) is 2.16. The zero-order chi connectivity index (χ0) is 14.8. The molecule has 2 N–H and O–H groups in total. The summed E-state index contributed by atoms with van der Waals surface area (Å²) in [7, 11) is 0. The van der Waals surface area contributed by atoms with Crippen LogP contribution in [0.4, 0.5) is 5.69 Å². The van der Waals surface area contributed by atoms with E-state index in [9.17, 15) is 5.11 Å². The molecule has 4 heteroatoms. The molecule has 1 aromatic heterocycles. The monoisotopic (exact) mass is 281 g/mol. The van der Waals surface area contributed by atoms with E-state index in [1.165, 1.54) is 0 Å². The third kappa shape index (κ3) is 2.57. The number of anilines is 1. The van der Waals surface area contributed by atoms with Gasteiger partial charge in [0.1, 0.15) is 5.75 Å². The maximum atomic E-state index is 9.94. The van der Waals surface area contributed by atoms with Gasteiger partial charge >= 0.3 is 0 Å². The second-order valence-corrected chi connectivity index (χ2v) is 5.17. The Morgan fingerprint density at radius 2 is 1.95 bits per heavy atom. The number of nitrogens with zero attached hydrogens (tertiary/aromatic N) is 2. The van der Waals surface area contributed by atoms with E-state index in [0.29, 0.717) is 5.75 Å². The van der Waals surface area contributed by atoms with Crippen LogP contribution in [0.1, 0.15) is 25.5 Å². The number of nitrogens with one attached hydrogen (secondary N) is 1. The topological polar surface area (TPSA) is 50.1 Å². The Morgan fingerprint density at radius 3 is 2.71 bits per heavy atom. The highest BCUT2D eigenvalue weighted by Gasteiger charge is 2.10. The molecule has 0 spiro atoms. The lowest BCUT2D eigenvalue weighted by Gasteiger charge is -2.16. The van der Waals surface area contributed by atoms with Crippen LogP contribution in [0.15, 0.2) is 48.8 Å². The minimum absolute atomic E-state index is 0.151. The van der Waals surface area contributed by atoms with Crippen molar-refractivity contribution >= 4 is 16.5 Å². The van der Waals surface area contributed by atoms with Gasteiger partial charge in [0, 0.05) is 34.8 Å². The highest BCUT2D eigenvalue weighted by atomic mass is 16.3. The lowest BCUT2D eigenvalue weighted by Crippen LogP contribution is -2.06. The minimum atomic E-state index is 0.151. The molecule has 0 aliphatic heterocycles. The average Bonchev–Trinajstić information content (AvgIpc) is 2.97. The molecule has 0 saturated heterocycles. The maximum absolute atomic E-state index is 9.94. The average molecular weight is 281 g/mol. The van der Waals surface area contributed by atoms with E-state index >= 15 is 0 Å². The fraction of sp³-hybridized carbons (Fsp3) is 0.235. The third-order valence-electron chi connectivity index (χ3n) is 3.75. The van der Waals surface area contributed by atoms with Crippen molar-refractivity contribution in [2.24, 2.45) is 0 Å². The summed E-state index contributed by atoms with van der Waals surface area (Å²) in [6.45, 7) is 5.05. The van der Waals surface area contributed by atoms with E-state index in [2.05, 4.69) is 30.5 Å². The molecule has 0 bridgehead atoms. The van der Waals surface area contributed by atoms with Gasteiger partial charge in [0.2, 0.25) is 0 Å². The Hall–Kier alpha value is -2.49. The first-order chi connectivity index (χ1) is 10.2. The first kappa shape index (κ1) is 13.5. The van der Waals surface area contributed by atoms with Crippen molar-refractivity contribution in [3.8, 4) is 5.75 Å². The van der Waals surface area contributed by atoms with E-state index in [-0.39, 0.29) is 6.04 Å². The smallest absolute Gasteiger partial charge is 0.123 e. The lowest BCUT2D eigenvalue weighted by molar-refractivity contribution is 0.481. The highest BCUT2D eigenvalue weighted by Crippen LogP contribution is 2.31. The van der Waals surface area contributed by atoms with Crippen molar-refractivity contribution in [1.29, 1.82) is 0 Å². The van der Waals surface area contributed by atoms with Crippen LogP contribution in [-0.2, 0) is 6.54 Å². The van der Waals surface area contributed by atoms with Gasteiger partial charge in [-0.2, -0.15) is 5.10 Å². The second-order valence-electron chi connectivity index (χ2n) is 5.17. The van der Waals surface area contributed by atoms with Crippen LogP contribution < -0.4 is 5.32 Å². The quantitative estimate of drug-likeness (QED) is 0.761. The van der Waals surface area contributed by atoms with Crippen molar-refractivity contribution in [3.63, 3.8) is 0 Å². The summed E-state index contributed by atoms with van der Waals surface area (Å²) in [6, 6.07) is 11.6. The Kier molecular flexibility index (Phi) is 3.52. The molecule has 3 rings (SSSR count). The predicted molar refractivity (Wildman–Crippen MR) is 85.6 cm³/mol. The maximum Gasteiger partial charge on any atom is 0.123 e. The summed E-state index contributed by atoms with van der Waals surface area (Å²) in [5, 5.41) is 19.6. The predicted octanol–water partition coefficient (Wildman–Crippen LogP) is 3.93. The first-order valence-corrected chi connectivity index (χ1v) is 7.18. The third-order valence-corrected chi connectivity index (χ3v) is 3.75. The number of aryl methyl sites for hydroxylation is 1. The number of aromatic hydroxyl groups is 1. The van der Waals surface area contributed by atoms with Crippen LogP contribution in [0.3, 0.4) is 0 Å². The van der Waals surface area contributed by atoms with E-state index in [1.807, 2.05) is 41.2 Å². The molecule has 1 unspecified atom stereocenters. The zero-order valence-electron chi connectivity index (χ0n) is 12.2. The number of benzene rings is 2. The van der Waals surface area contributed by atoms with Gasteiger partial charge in [0.05, 0.1) is 12.2 Å². The largest absolute Gasteiger partial charge is 0.507 e. The number of phenols is 1. The van der Waals surface area contributed by atoms with Crippen LogP contribution in [0.2, 0.25) is 0 Å². The van der Waals surface area contributed by atoms with Gasteiger partial charge in [-0.3, -0.25) is 4.68 Å². The number of aromatic nitrogens is 2. The van der Waals surface area contributed by atoms with E-state index in [0.717, 1.165) is 28.6 Å². The van der Waals surface area contributed by atoms with Crippen LogP contribution in [-0.4, -0.2) is 14.9 Å². The number of hydrogen-bond acceptors (Lipinski definition) is 3. The summed E-state index contributed by atoms with van der Waals surface area (Å²) >= 11 is 0. The molecule has 1 atom stereocenters. The number of rotatable bonds is 4. The Morgan fingerprint density at radius 1 is 1.19 bits per heavy atom. The van der Waals surface area contributed by atoms with Crippen molar-refractivity contribution < 1.29 is 5.11 Å². The van der Waals surface area contributed by atoms with Crippen molar-refractivity contribution in [2.45, 2.75) is 26.4 Å². The summed E-state index contributed by atoms with van der Waals surface area (Å²) < 4.78 is 1.92. The van der Waals surface area contributed by atoms with E-state index in [4.69, 9.17) is 0 Å². The van der Waals surface area contributed by atoms with Gasteiger partial charge in [-0.05, 0) is 26.0 Å². The standard InChI is InChI=1S/C17H19N3O/c1-3-20-11-13(10-18-20)12(2)19-16-8-4-7-15-14(16)6-5-9-17(15)21/h4-12,19,21H,3H2,1-2H3. The summed E-state index contributed by atoms with van der Waals surface area (Å²) in [4.78, 5) is 0. The van der Waals surface area contributed by atoms with Gasteiger partial charge in [0.15, 0.2) is 0 Å². The highest BCUT2D eigenvalue weighted by molar-refractivity contribution is 5.97. The normalized spacial score (nSPS) is 12.5. The molecule has 2 aromatic carbocycles. The molecule has 1 heterocycles.